The maximum atomic E-state index is 13.4. The second-order valence-corrected chi connectivity index (χ2v) is 12.5. The van der Waals surface area contributed by atoms with Crippen molar-refractivity contribution in [3.8, 4) is 17.2 Å². The molecule has 1 aromatic heterocycles. The first kappa shape index (κ1) is 32.2. The number of methoxy groups -OCH3 is 1. The molecule has 1 N–H and O–H groups in total. The average Bonchev–Trinajstić information content (AvgIpc) is 3.03. The number of rotatable bonds is 9. The Bertz CT molecular complexity index is 1600. The lowest BCUT2D eigenvalue weighted by Crippen LogP contribution is -2.49. The van der Waals surface area contributed by atoms with Gasteiger partial charge in [0, 0.05) is 61.8 Å². The van der Waals surface area contributed by atoms with Crippen LogP contribution in [0.15, 0.2) is 52.4 Å². The van der Waals surface area contributed by atoms with Gasteiger partial charge in [0.1, 0.15) is 24.6 Å². The number of hydrogen-bond acceptors (Lipinski definition) is 9. The molecule has 1 fully saturated rings. The van der Waals surface area contributed by atoms with Crippen molar-refractivity contribution in [1.82, 2.24) is 14.4 Å². The van der Waals surface area contributed by atoms with E-state index in [2.05, 4.69) is 10.1 Å². The number of benzene rings is 2. The molecule has 0 unspecified atom stereocenters. The van der Waals surface area contributed by atoms with Crippen LogP contribution in [-0.2, 0) is 17.8 Å². The van der Waals surface area contributed by atoms with Crippen molar-refractivity contribution in [3.63, 3.8) is 0 Å². The highest BCUT2D eigenvalue weighted by atomic mass is 16.6. The van der Waals surface area contributed by atoms with E-state index >= 15 is 0 Å². The molecule has 1 saturated heterocycles. The first-order valence-corrected chi connectivity index (χ1v) is 15.6. The number of piperidine rings is 1. The van der Waals surface area contributed by atoms with Gasteiger partial charge in [-0.05, 0) is 69.9 Å². The number of likely N-dealkylation sites (tertiary alicyclic amines) is 1. The number of ether oxygens (including phenoxy) is 4. The Hall–Kier alpha value is -4.25. The number of nitrogens with zero attached hydrogens (tertiary/aromatic N) is 4. The molecular formula is C34H44N4O7. The fraction of sp³-hybridized carbons (Fsp3) is 0.500. The molecular weight excluding hydrogens is 576 g/mol. The Morgan fingerprint density at radius 3 is 2.44 bits per heavy atom. The number of carbonyl (C=O) groups is 1. The van der Waals surface area contributed by atoms with Crippen LogP contribution >= 0.6 is 0 Å². The van der Waals surface area contributed by atoms with Crippen LogP contribution in [0.25, 0.3) is 10.9 Å². The molecule has 2 aliphatic heterocycles. The first-order valence-electron chi connectivity index (χ1n) is 15.6. The summed E-state index contributed by atoms with van der Waals surface area (Å²) in [7, 11) is 1.58. The maximum Gasteiger partial charge on any atom is 0.410 e. The molecule has 0 atom stereocenters. The van der Waals surface area contributed by atoms with Crippen LogP contribution in [0.3, 0.4) is 0 Å². The Balaban J connectivity index is 1.30. The van der Waals surface area contributed by atoms with E-state index in [1.165, 1.54) is 0 Å². The summed E-state index contributed by atoms with van der Waals surface area (Å²) >= 11 is 0. The van der Waals surface area contributed by atoms with E-state index in [1.807, 2.05) is 62.9 Å². The van der Waals surface area contributed by atoms with Gasteiger partial charge in [0.05, 0.1) is 18.3 Å². The van der Waals surface area contributed by atoms with E-state index < -0.39 is 5.60 Å². The standard InChI is InChI=1S/C34H44N4O7/c1-6-28(35-41)27-20-25(42-5)21-29-26(27)8-10-32(39)37(29)16-15-36-13-11-24(12-14-36)38(33(40)45-34(2,3)4)22-23-7-9-30-31(19-23)44-18-17-43-30/h7-10,19-21,24,41H,6,11-18,22H2,1-5H3/b35-28-. The van der Waals surface area contributed by atoms with Crippen LogP contribution in [0.1, 0.15) is 58.1 Å². The summed E-state index contributed by atoms with van der Waals surface area (Å²) in [5, 5.41) is 13.9. The zero-order chi connectivity index (χ0) is 32.1. The molecule has 0 bridgehead atoms. The Morgan fingerprint density at radius 1 is 1.04 bits per heavy atom. The minimum atomic E-state index is -0.613. The summed E-state index contributed by atoms with van der Waals surface area (Å²) in [5.41, 5.74) is 2.23. The summed E-state index contributed by atoms with van der Waals surface area (Å²) in [6.07, 6.45) is 1.75. The van der Waals surface area contributed by atoms with Gasteiger partial charge in [-0.1, -0.05) is 18.1 Å². The third-order valence-electron chi connectivity index (χ3n) is 8.31. The Labute approximate surface area is 263 Å². The number of hydrogen-bond donors (Lipinski definition) is 1. The van der Waals surface area contributed by atoms with E-state index in [0.29, 0.717) is 56.5 Å². The van der Waals surface area contributed by atoms with Gasteiger partial charge < -0.3 is 38.5 Å². The number of amides is 1. The van der Waals surface area contributed by atoms with Gasteiger partial charge in [-0.15, -0.1) is 0 Å². The van der Waals surface area contributed by atoms with Crippen LogP contribution in [0.5, 0.6) is 17.2 Å². The van der Waals surface area contributed by atoms with Gasteiger partial charge in [-0.3, -0.25) is 4.79 Å². The van der Waals surface area contributed by atoms with Gasteiger partial charge in [-0.25, -0.2) is 4.79 Å². The highest BCUT2D eigenvalue weighted by molar-refractivity contribution is 6.10. The van der Waals surface area contributed by atoms with E-state index in [-0.39, 0.29) is 17.7 Å². The third-order valence-corrected chi connectivity index (χ3v) is 8.31. The molecule has 45 heavy (non-hydrogen) atoms. The fourth-order valence-electron chi connectivity index (χ4n) is 6.02. The van der Waals surface area contributed by atoms with Crippen LogP contribution in [0, 0.1) is 0 Å². The number of carbonyl (C=O) groups excluding carboxylic acids is 1. The van der Waals surface area contributed by atoms with Crippen molar-refractivity contribution in [3.05, 3.63) is 63.9 Å². The molecule has 1 amide bonds. The molecule has 3 heterocycles. The van der Waals surface area contributed by atoms with Crippen LogP contribution in [0.2, 0.25) is 0 Å². The largest absolute Gasteiger partial charge is 0.497 e. The zero-order valence-corrected chi connectivity index (χ0v) is 26.9. The maximum absolute atomic E-state index is 13.4. The van der Waals surface area contributed by atoms with Crippen molar-refractivity contribution in [2.75, 3.05) is 40.0 Å². The van der Waals surface area contributed by atoms with E-state index in [0.717, 1.165) is 53.7 Å². The van der Waals surface area contributed by atoms with Gasteiger partial charge in [-0.2, -0.15) is 0 Å². The molecule has 0 saturated carbocycles. The second-order valence-electron chi connectivity index (χ2n) is 12.5. The van der Waals surface area contributed by atoms with Gasteiger partial charge in [0.15, 0.2) is 11.5 Å². The quantitative estimate of drug-likeness (QED) is 0.196. The smallest absolute Gasteiger partial charge is 0.410 e. The third kappa shape index (κ3) is 7.53. The summed E-state index contributed by atoms with van der Waals surface area (Å²) < 4.78 is 24.6. The zero-order valence-electron chi connectivity index (χ0n) is 26.9. The molecule has 11 heteroatoms. The van der Waals surface area contributed by atoms with Gasteiger partial charge >= 0.3 is 6.09 Å². The van der Waals surface area contributed by atoms with Crippen LogP contribution in [0.4, 0.5) is 4.79 Å². The van der Waals surface area contributed by atoms with Crippen molar-refractivity contribution < 1.29 is 28.9 Å². The molecule has 2 aromatic carbocycles. The lowest BCUT2D eigenvalue weighted by atomic mass is 10.0. The number of pyridine rings is 1. The number of fused-ring (bicyclic) bond motifs is 2. The molecule has 11 nitrogen and oxygen atoms in total. The lowest BCUT2D eigenvalue weighted by Gasteiger charge is -2.39. The fourth-order valence-corrected chi connectivity index (χ4v) is 6.02. The normalized spacial score (nSPS) is 16.1. The molecule has 242 valence electrons. The highest BCUT2D eigenvalue weighted by Crippen LogP contribution is 2.32. The van der Waals surface area contributed by atoms with Crippen molar-refractivity contribution in [2.45, 2.75) is 71.7 Å². The predicted octanol–water partition coefficient (Wildman–Crippen LogP) is 5.27. The lowest BCUT2D eigenvalue weighted by molar-refractivity contribution is 0.00562. The Kier molecular flexibility index (Phi) is 9.86. The van der Waals surface area contributed by atoms with Crippen molar-refractivity contribution >= 4 is 22.7 Å². The SMILES string of the molecule is CC/C(=N/O)c1cc(OC)cc2c1ccc(=O)n2CCN1CCC(N(Cc2ccc3c(c2)OCCO3)C(=O)OC(C)(C)C)CC1. The average molecular weight is 621 g/mol. The molecule has 5 rings (SSSR count). The van der Waals surface area contributed by atoms with Gasteiger partial charge in [0.25, 0.3) is 5.56 Å². The molecule has 0 aliphatic carbocycles. The van der Waals surface area contributed by atoms with Crippen LogP contribution in [-0.4, -0.2) is 83.0 Å². The van der Waals surface area contributed by atoms with Crippen LogP contribution < -0.4 is 19.8 Å². The molecule has 3 aromatic rings. The van der Waals surface area contributed by atoms with E-state index in [1.54, 1.807) is 23.8 Å². The summed E-state index contributed by atoms with van der Waals surface area (Å²) in [6.45, 7) is 11.7. The van der Waals surface area contributed by atoms with Crippen molar-refractivity contribution in [2.24, 2.45) is 5.16 Å². The second kappa shape index (κ2) is 13.8. The summed E-state index contributed by atoms with van der Waals surface area (Å²) in [5.74, 6) is 2.00. The Morgan fingerprint density at radius 2 is 1.78 bits per heavy atom. The van der Waals surface area contributed by atoms with Gasteiger partial charge in [0.2, 0.25) is 0 Å². The topological polar surface area (TPSA) is 115 Å². The molecule has 2 aliphatic rings. The number of aromatic nitrogens is 1. The van der Waals surface area contributed by atoms with E-state index in [4.69, 9.17) is 18.9 Å². The highest BCUT2D eigenvalue weighted by Gasteiger charge is 2.31. The number of oxime groups is 1. The monoisotopic (exact) mass is 620 g/mol. The van der Waals surface area contributed by atoms with E-state index in [9.17, 15) is 14.8 Å². The minimum absolute atomic E-state index is 0.00151. The predicted molar refractivity (Wildman–Crippen MR) is 172 cm³/mol. The minimum Gasteiger partial charge on any atom is -0.497 e. The summed E-state index contributed by atoms with van der Waals surface area (Å²) in [6, 6.07) is 12.8. The molecule has 0 spiro atoms. The summed E-state index contributed by atoms with van der Waals surface area (Å²) in [4.78, 5) is 30.7. The van der Waals surface area contributed by atoms with Crippen molar-refractivity contribution in [1.29, 1.82) is 0 Å². The first-order chi connectivity index (χ1) is 21.6. The molecule has 0 radical (unpaired) electrons.